The van der Waals surface area contributed by atoms with E-state index >= 15 is 0 Å². The first-order valence-corrected chi connectivity index (χ1v) is 7.52. The third kappa shape index (κ3) is 4.58. The summed E-state index contributed by atoms with van der Waals surface area (Å²) in [6.07, 6.45) is 0.346. The van der Waals surface area contributed by atoms with E-state index in [1.807, 2.05) is 0 Å². The fraction of sp³-hybridized carbons (Fsp3) is 0.182. The van der Waals surface area contributed by atoms with E-state index in [2.05, 4.69) is 22.9 Å². The number of carbonyl (C=O) groups excluding carboxylic acids is 1. The van der Waals surface area contributed by atoms with Gasteiger partial charge in [0, 0.05) is 11.6 Å². The molecule has 1 aromatic rings. The van der Waals surface area contributed by atoms with Crippen molar-refractivity contribution in [3.63, 3.8) is 0 Å². The maximum absolute atomic E-state index is 11.1. The van der Waals surface area contributed by atoms with Crippen molar-refractivity contribution in [1.82, 2.24) is 0 Å². The van der Waals surface area contributed by atoms with Crippen LogP contribution in [0.5, 0.6) is 5.75 Å². The van der Waals surface area contributed by atoms with E-state index in [0.717, 1.165) is 6.08 Å². The molecule has 0 amide bonds. The number of ether oxygens (including phenoxy) is 1. The summed E-state index contributed by atoms with van der Waals surface area (Å²) in [6.45, 7) is 0.536. The molecular formula is C11H11O5PS-2. The summed E-state index contributed by atoms with van der Waals surface area (Å²) in [6, 6.07) is 6.28. The smallest absolute Gasteiger partial charge is 0.330 e. The summed E-state index contributed by atoms with van der Waals surface area (Å²) in [5, 5.41) is 0. The predicted molar refractivity (Wildman–Crippen MR) is 66.1 cm³/mol. The minimum absolute atomic E-state index is 0.0511. The SMILES string of the molecule is C=CC(=O)OC(C)c1ccccc1OP([O-])([O-])=S. The van der Waals surface area contributed by atoms with Gasteiger partial charge < -0.3 is 19.0 Å². The first kappa shape index (κ1) is 14.9. The van der Waals surface area contributed by atoms with Crippen molar-refractivity contribution in [2.75, 3.05) is 0 Å². The van der Waals surface area contributed by atoms with E-state index in [4.69, 9.17) is 4.74 Å². The quantitative estimate of drug-likeness (QED) is 0.452. The number of hydrogen-bond acceptors (Lipinski definition) is 6. The monoisotopic (exact) mass is 286 g/mol. The Morgan fingerprint density at radius 2 is 2.11 bits per heavy atom. The number of benzene rings is 1. The largest absolute Gasteiger partial charge is 0.803 e. The molecule has 1 rings (SSSR count). The Bertz CT molecular complexity index is 496. The summed E-state index contributed by atoms with van der Waals surface area (Å²) in [5.74, 6) is -0.559. The Labute approximate surface area is 110 Å². The molecule has 98 valence electrons. The maximum atomic E-state index is 11.1. The number of rotatable bonds is 5. The van der Waals surface area contributed by atoms with Crippen LogP contribution in [-0.4, -0.2) is 5.97 Å². The minimum Gasteiger partial charge on any atom is -0.803 e. The highest BCUT2D eigenvalue weighted by atomic mass is 32.5. The Morgan fingerprint density at radius 1 is 1.50 bits per heavy atom. The molecule has 0 N–H and O–H groups in total. The fourth-order valence-corrected chi connectivity index (χ4v) is 1.95. The Balaban J connectivity index is 2.97. The summed E-state index contributed by atoms with van der Waals surface area (Å²) >= 11 is 4.18. The van der Waals surface area contributed by atoms with Crippen LogP contribution in [0.2, 0.25) is 0 Å². The lowest BCUT2D eigenvalue weighted by molar-refractivity contribution is -0.313. The van der Waals surface area contributed by atoms with Crippen LogP contribution >= 0.6 is 6.72 Å². The van der Waals surface area contributed by atoms with Gasteiger partial charge in [0.05, 0.1) is 0 Å². The Morgan fingerprint density at radius 3 is 2.67 bits per heavy atom. The van der Waals surface area contributed by atoms with Crippen molar-refractivity contribution >= 4 is 24.5 Å². The molecule has 18 heavy (non-hydrogen) atoms. The average molecular weight is 286 g/mol. The van der Waals surface area contributed by atoms with Gasteiger partial charge in [-0.25, -0.2) is 4.79 Å². The van der Waals surface area contributed by atoms with Crippen LogP contribution in [-0.2, 0) is 21.3 Å². The van der Waals surface area contributed by atoms with Crippen LogP contribution in [0.15, 0.2) is 36.9 Å². The summed E-state index contributed by atoms with van der Waals surface area (Å²) in [7, 11) is 0. The molecule has 0 saturated carbocycles. The molecule has 7 heteroatoms. The van der Waals surface area contributed by atoms with Crippen LogP contribution in [0.25, 0.3) is 0 Å². The van der Waals surface area contributed by atoms with E-state index in [0.29, 0.717) is 5.56 Å². The van der Waals surface area contributed by atoms with Crippen LogP contribution in [0.3, 0.4) is 0 Å². The van der Waals surface area contributed by atoms with Crippen molar-refractivity contribution in [2.45, 2.75) is 13.0 Å². The molecule has 0 radical (unpaired) electrons. The molecule has 0 heterocycles. The lowest BCUT2D eigenvalue weighted by Crippen LogP contribution is -2.19. The topological polar surface area (TPSA) is 81.7 Å². The summed E-state index contributed by atoms with van der Waals surface area (Å²) in [4.78, 5) is 33.0. The normalized spacial score (nSPS) is 12.6. The zero-order chi connectivity index (χ0) is 13.8. The lowest BCUT2D eigenvalue weighted by atomic mass is 10.1. The second-order valence-electron chi connectivity index (χ2n) is 3.36. The van der Waals surface area contributed by atoms with Gasteiger partial charge in [-0.05, 0) is 19.7 Å². The van der Waals surface area contributed by atoms with Crippen molar-refractivity contribution in [3.8, 4) is 5.75 Å². The number of para-hydroxylation sites is 1. The van der Waals surface area contributed by atoms with Gasteiger partial charge in [0.25, 0.3) is 0 Å². The molecule has 0 aliphatic heterocycles. The van der Waals surface area contributed by atoms with Gasteiger partial charge in [0.15, 0.2) is 0 Å². The van der Waals surface area contributed by atoms with E-state index in [1.54, 1.807) is 25.1 Å². The van der Waals surface area contributed by atoms with Gasteiger partial charge in [-0.3, -0.25) is 0 Å². The molecule has 0 aliphatic rings. The van der Waals surface area contributed by atoms with Crippen molar-refractivity contribution in [3.05, 3.63) is 42.5 Å². The number of carbonyl (C=O) groups is 1. The highest BCUT2D eigenvalue weighted by Crippen LogP contribution is 2.35. The minimum atomic E-state index is -4.32. The molecule has 1 aromatic carbocycles. The molecule has 0 saturated heterocycles. The van der Waals surface area contributed by atoms with Gasteiger partial charge in [0.1, 0.15) is 11.9 Å². The van der Waals surface area contributed by atoms with Crippen LogP contribution in [0, 0.1) is 0 Å². The summed E-state index contributed by atoms with van der Waals surface area (Å²) < 4.78 is 9.64. The molecular weight excluding hydrogens is 275 g/mol. The van der Waals surface area contributed by atoms with Crippen LogP contribution in [0.4, 0.5) is 0 Å². The van der Waals surface area contributed by atoms with Crippen LogP contribution < -0.4 is 14.3 Å². The van der Waals surface area contributed by atoms with Gasteiger partial charge in [-0.2, -0.15) is 0 Å². The standard InChI is InChI=1S/C11H13O5PS/c1-3-11(12)15-8(2)9-6-4-5-7-10(9)16-17(13,14)18/h3-8H,1H2,2H3,(H2,13,14,18)/p-2. The van der Waals surface area contributed by atoms with Crippen molar-refractivity contribution < 1.29 is 23.8 Å². The second-order valence-corrected chi connectivity index (χ2v) is 5.78. The zero-order valence-electron chi connectivity index (χ0n) is 9.57. The van der Waals surface area contributed by atoms with Gasteiger partial charge in [-0.1, -0.05) is 36.6 Å². The molecule has 1 unspecified atom stereocenters. The lowest BCUT2D eigenvalue weighted by Gasteiger charge is -2.35. The van der Waals surface area contributed by atoms with E-state index in [1.165, 1.54) is 6.07 Å². The molecule has 0 aliphatic carbocycles. The first-order valence-electron chi connectivity index (χ1n) is 4.97. The number of esters is 1. The Hall–Kier alpha value is -1.20. The fourth-order valence-electron chi connectivity index (χ4n) is 1.31. The van der Waals surface area contributed by atoms with E-state index in [-0.39, 0.29) is 5.75 Å². The van der Waals surface area contributed by atoms with E-state index in [9.17, 15) is 14.6 Å². The predicted octanol–water partition coefficient (Wildman–Crippen LogP) is 0.801. The molecule has 0 aromatic heterocycles. The number of hydrogen-bond donors (Lipinski definition) is 0. The van der Waals surface area contributed by atoms with E-state index < -0.39 is 18.8 Å². The van der Waals surface area contributed by atoms with Crippen molar-refractivity contribution in [1.29, 1.82) is 0 Å². The van der Waals surface area contributed by atoms with Crippen LogP contribution in [0.1, 0.15) is 18.6 Å². The molecule has 0 fully saturated rings. The molecule has 0 bridgehead atoms. The highest BCUT2D eigenvalue weighted by Gasteiger charge is 2.14. The van der Waals surface area contributed by atoms with Gasteiger partial charge in [-0.15, -0.1) is 0 Å². The van der Waals surface area contributed by atoms with Gasteiger partial charge >= 0.3 is 5.97 Å². The van der Waals surface area contributed by atoms with Gasteiger partial charge in [0.2, 0.25) is 0 Å². The highest BCUT2D eigenvalue weighted by molar-refractivity contribution is 8.05. The van der Waals surface area contributed by atoms with Crippen molar-refractivity contribution in [2.24, 2.45) is 0 Å². The third-order valence-electron chi connectivity index (χ3n) is 2.03. The Kier molecular flexibility index (Phi) is 5.04. The maximum Gasteiger partial charge on any atom is 0.330 e. The first-order chi connectivity index (χ1) is 8.33. The second kappa shape index (κ2) is 6.11. The zero-order valence-corrected chi connectivity index (χ0v) is 11.3. The third-order valence-corrected chi connectivity index (χ3v) is 2.67. The molecule has 1 atom stereocenters. The molecule has 0 spiro atoms. The average Bonchev–Trinajstić information content (AvgIpc) is 2.27. The summed E-state index contributed by atoms with van der Waals surface area (Å²) in [5.41, 5.74) is 0.411. The molecule has 5 nitrogen and oxygen atoms in total.